The predicted octanol–water partition coefficient (Wildman–Crippen LogP) is 2.66. The van der Waals surface area contributed by atoms with Crippen molar-refractivity contribution in [3.8, 4) is 0 Å². The van der Waals surface area contributed by atoms with Gasteiger partial charge in [-0.3, -0.25) is 0 Å². The minimum absolute atomic E-state index is 0.337. The second-order valence-corrected chi connectivity index (χ2v) is 5.87. The quantitative estimate of drug-likeness (QED) is 0.861. The van der Waals surface area contributed by atoms with Gasteiger partial charge in [-0.15, -0.1) is 0 Å². The zero-order valence-electron chi connectivity index (χ0n) is 11.2. The van der Waals surface area contributed by atoms with Crippen LogP contribution < -0.4 is 5.32 Å². The Morgan fingerprint density at radius 2 is 2.17 bits per heavy atom. The smallest absolute Gasteiger partial charge is 0.0559 e. The van der Waals surface area contributed by atoms with Crippen molar-refractivity contribution in [2.24, 2.45) is 0 Å². The van der Waals surface area contributed by atoms with Gasteiger partial charge in [-0.25, -0.2) is 0 Å². The third-order valence-electron chi connectivity index (χ3n) is 4.49. The zero-order valence-corrected chi connectivity index (χ0v) is 11.2. The molecule has 2 nitrogen and oxygen atoms in total. The number of rotatable bonds is 5. The van der Waals surface area contributed by atoms with E-state index in [1.807, 2.05) is 7.11 Å². The molecule has 1 aromatic rings. The van der Waals surface area contributed by atoms with Gasteiger partial charge in [0.25, 0.3) is 0 Å². The summed E-state index contributed by atoms with van der Waals surface area (Å²) in [4.78, 5) is 0. The highest BCUT2D eigenvalue weighted by atomic mass is 16.5. The van der Waals surface area contributed by atoms with E-state index in [1.54, 1.807) is 5.56 Å². The molecule has 1 saturated carbocycles. The van der Waals surface area contributed by atoms with Gasteiger partial charge < -0.3 is 10.1 Å². The van der Waals surface area contributed by atoms with Crippen molar-refractivity contribution < 1.29 is 4.74 Å². The molecule has 0 bridgehead atoms. The largest absolute Gasteiger partial charge is 0.384 e. The molecule has 1 atom stereocenters. The van der Waals surface area contributed by atoms with Gasteiger partial charge in [0, 0.05) is 18.6 Å². The van der Waals surface area contributed by atoms with Crippen LogP contribution in [0.3, 0.4) is 0 Å². The lowest BCUT2D eigenvalue weighted by Crippen LogP contribution is -2.25. The number of nitrogens with one attached hydrogen (secondary N) is 1. The highest BCUT2D eigenvalue weighted by Gasteiger charge is 2.45. The Bertz CT molecular complexity index is 405. The molecule has 0 radical (unpaired) electrons. The van der Waals surface area contributed by atoms with E-state index in [1.165, 1.54) is 44.2 Å². The van der Waals surface area contributed by atoms with Crippen LogP contribution in [0, 0.1) is 0 Å². The highest BCUT2D eigenvalue weighted by Crippen LogP contribution is 2.49. The lowest BCUT2D eigenvalue weighted by atomic mass is 9.89. The van der Waals surface area contributed by atoms with E-state index < -0.39 is 0 Å². The van der Waals surface area contributed by atoms with Crippen LogP contribution in [0.5, 0.6) is 0 Å². The molecular formula is C16H23NO. The van der Waals surface area contributed by atoms with E-state index in [0.717, 1.165) is 6.61 Å². The Kier molecular flexibility index (Phi) is 3.40. The fourth-order valence-electron chi connectivity index (χ4n) is 3.33. The van der Waals surface area contributed by atoms with Gasteiger partial charge in [-0.2, -0.15) is 0 Å². The van der Waals surface area contributed by atoms with Crippen molar-refractivity contribution in [3.63, 3.8) is 0 Å². The Hall–Kier alpha value is -0.860. The van der Waals surface area contributed by atoms with Crippen LogP contribution in [0.15, 0.2) is 24.3 Å². The summed E-state index contributed by atoms with van der Waals surface area (Å²) in [5.74, 6) is 0. The van der Waals surface area contributed by atoms with Crippen LogP contribution in [-0.4, -0.2) is 26.3 Å². The van der Waals surface area contributed by atoms with Crippen LogP contribution in [0.2, 0.25) is 0 Å². The van der Waals surface area contributed by atoms with Gasteiger partial charge >= 0.3 is 0 Å². The number of ether oxygens (including phenoxy) is 1. The zero-order chi connectivity index (χ0) is 12.4. The number of hydrogen-bond acceptors (Lipinski definition) is 2. The minimum Gasteiger partial charge on any atom is -0.384 e. The molecule has 98 valence electrons. The van der Waals surface area contributed by atoms with E-state index in [0.29, 0.717) is 11.5 Å². The molecule has 2 heteroatoms. The van der Waals surface area contributed by atoms with Gasteiger partial charge in [-0.1, -0.05) is 24.3 Å². The molecule has 1 heterocycles. The third kappa shape index (κ3) is 2.32. The van der Waals surface area contributed by atoms with Gasteiger partial charge in [-0.05, 0) is 49.8 Å². The predicted molar refractivity (Wildman–Crippen MR) is 74.0 cm³/mol. The van der Waals surface area contributed by atoms with E-state index in [9.17, 15) is 0 Å². The summed E-state index contributed by atoms with van der Waals surface area (Å²) in [5, 5.41) is 3.60. The highest BCUT2D eigenvalue weighted by molar-refractivity contribution is 5.39. The van der Waals surface area contributed by atoms with E-state index in [-0.39, 0.29) is 0 Å². The maximum atomic E-state index is 5.43. The third-order valence-corrected chi connectivity index (χ3v) is 4.49. The van der Waals surface area contributed by atoms with Crippen molar-refractivity contribution in [3.05, 3.63) is 35.4 Å². The van der Waals surface area contributed by atoms with Crippen molar-refractivity contribution in [1.29, 1.82) is 0 Å². The maximum absolute atomic E-state index is 5.43. The summed E-state index contributed by atoms with van der Waals surface area (Å²) in [6.45, 7) is 2.07. The first-order valence-corrected chi connectivity index (χ1v) is 7.15. The van der Waals surface area contributed by atoms with Crippen LogP contribution >= 0.6 is 0 Å². The lowest BCUT2D eigenvalue weighted by Gasteiger charge is -2.20. The van der Waals surface area contributed by atoms with Crippen LogP contribution in [0.4, 0.5) is 0 Å². The van der Waals surface area contributed by atoms with Crippen molar-refractivity contribution in [2.75, 3.05) is 20.3 Å². The molecule has 1 aliphatic carbocycles. The summed E-state index contributed by atoms with van der Waals surface area (Å²) >= 11 is 0. The maximum Gasteiger partial charge on any atom is 0.0559 e. The molecule has 1 unspecified atom stereocenters. The fourth-order valence-corrected chi connectivity index (χ4v) is 3.33. The average molecular weight is 245 g/mol. The molecule has 1 aromatic carbocycles. The Morgan fingerprint density at radius 3 is 2.83 bits per heavy atom. The molecule has 1 N–H and O–H groups in total. The minimum atomic E-state index is 0.337. The second kappa shape index (κ2) is 5.02. The average Bonchev–Trinajstić information content (AvgIpc) is 2.98. The number of methoxy groups -OCH3 is 1. The molecule has 1 saturated heterocycles. The molecule has 0 aromatic heterocycles. The monoisotopic (exact) mass is 245 g/mol. The molecule has 1 aliphatic heterocycles. The van der Waals surface area contributed by atoms with Gasteiger partial charge in [0.15, 0.2) is 0 Å². The number of benzene rings is 1. The first-order valence-electron chi connectivity index (χ1n) is 7.15. The normalized spacial score (nSPS) is 25.3. The lowest BCUT2D eigenvalue weighted by molar-refractivity contribution is 0.171. The fraction of sp³-hybridized carbons (Fsp3) is 0.625. The number of hydrogen-bond donors (Lipinski definition) is 1. The van der Waals surface area contributed by atoms with Gasteiger partial charge in [0.1, 0.15) is 0 Å². The van der Waals surface area contributed by atoms with E-state index in [2.05, 4.69) is 29.6 Å². The Labute approximate surface area is 110 Å². The van der Waals surface area contributed by atoms with Crippen molar-refractivity contribution in [2.45, 2.75) is 43.6 Å². The van der Waals surface area contributed by atoms with Crippen LogP contribution in [0.25, 0.3) is 0 Å². The van der Waals surface area contributed by atoms with E-state index >= 15 is 0 Å². The summed E-state index contributed by atoms with van der Waals surface area (Å²) in [6, 6.07) is 9.67. The summed E-state index contributed by atoms with van der Waals surface area (Å²) in [7, 11) is 1.82. The Balaban J connectivity index is 1.81. The van der Waals surface area contributed by atoms with Gasteiger partial charge in [0.05, 0.1) is 6.61 Å². The molecule has 0 amide bonds. The summed E-state index contributed by atoms with van der Waals surface area (Å²) in [6.07, 6.45) is 6.41. The van der Waals surface area contributed by atoms with E-state index in [4.69, 9.17) is 4.74 Å². The first-order chi connectivity index (χ1) is 8.84. The van der Waals surface area contributed by atoms with Crippen LogP contribution in [0.1, 0.15) is 36.8 Å². The summed E-state index contributed by atoms with van der Waals surface area (Å²) in [5.41, 5.74) is 3.41. The summed E-state index contributed by atoms with van der Waals surface area (Å²) < 4.78 is 5.43. The van der Waals surface area contributed by atoms with Crippen LogP contribution in [-0.2, 0) is 16.6 Å². The molecule has 3 rings (SSSR count). The first kappa shape index (κ1) is 12.2. The topological polar surface area (TPSA) is 21.3 Å². The van der Waals surface area contributed by atoms with Gasteiger partial charge in [0.2, 0.25) is 0 Å². The molecule has 2 fully saturated rings. The second-order valence-electron chi connectivity index (χ2n) is 5.87. The molecular weight excluding hydrogens is 222 g/mol. The SMILES string of the molecule is COCC1(c2ccccc2CC2CCCN2)CC1. The van der Waals surface area contributed by atoms with Crippen molar-refractivity contribution >= 4 is 0 Å². The molecule has 18 heavy (non-hydrogen) atoms. The Morgan fingerprint density at radius 1 is 1.33 bits per heavy atom. The van der Waals surface area contributed by atoms with Crippen molar-refractivity contribution in [1.82, 2.24) is 5.32 Å². The molecule has 0 spiro atoms. The standard InChI is InChI=1S/C16H23NO/c1-18-12-16(8-9-16)15-7-3-2-5-13(15)11-14-6-4-10-17-14/h2-3,5,7,14,17H,4,6,8-12H2,1H3. The molecule has 2 aliphatic rings.